The van der Waals surface area contributed by atoms with Crippen molar-refractivity contribution in [2.75, 3.05) is 0 Å². The number of hydrogen-bond acceptors (Lipinski definition) is 3. The lowest BCUT2D eigenvalue weighted by Crippen LogP contribution is -2.16. The van der Waals surface area contributed by atoms with Gasteiger partial charge in [0, 0.05) is 0 Å². The number of hydrogen-bond donors (Lipinski definition) is 1. The molecule has 0 fully saturated rings. The zero-order valence-electron chi connectivity index (χ0n) is 6.86. The van der Waals surface area contributed by atoms with Crippen molar-refractivity contribution in [2.24, 2.45) is 0 Å². The summed E-state index contributed by atoms with van der Waals surface area (Å²) in [5, 5.41) is 13.2. The zero-order valence-corrected chi connectivity index (χ0v) is 6.86. The van der Waals surface area contributed by atoms with E-state index in [1.807, 2.05) is 13.8 Å². The van der Waals surface area contributed by atoms with Gasteiger partial charge in [-0.15, -0.1) is 0 Å². The highest BCUT2D eigenvalue weighted by atomic mass is 16.3. The van der Waals surface area contributed by atoms with E-state index in [0.29, 0.717) is 6.54 Å². The van der Waals surface area contributed by atoms with Gasteiger partial charge in [-0.1, -0.05) is 6.92 Å². The second kappa shape index (κ2) is 3.48. The molecular weight excluding hydrogens is 142 g/mol. The molecule has 0 aliphatic rings. The lowest BCUT2D eigenvalue weighted by molar-refractivity contribution is 0.144. The fourth-order valence-corrected chi connectivity index (χ4v) is 0.830. The first kappa shape index (κ1) is 8.20. The molecule has 1 heterocycles. The smallest absolute Gasteiger partial charge is 0.138 e. The Hall–Kier alpha value is -0.900. The van der Waals surface area contributed by atoms with Crippen LogP contribution < -0.4 is 0 Å². The molecular formula is C7H13N3O. The minimum atomic E-state index is -0.310. The van der Waals surface area contributed by atoms with Crippen molar-refractivity contribution in [3.8, 4) is 0 Å². The first-order valence-corrected chi connectivity index (χ1v) is 3.76. The molecule has 0 bridgehead atoms. The average Bonchev–Trinajstić information content (AvgIpc) is 2.37. The normalized spacial score (nSPS) is 13.4. The molecule has 1 atom stereocenters. The predicted octanol–water partition coefficient (Wildman–Crippen LogP) is 0.357. The monoisotopic (exact) mass is 155 g/mol. The van der Waals surface area contributed by atoms with Crippen molar-refractivity contribution in [2.45, 2.75) is 32.9 Å². The van der Waals surface area contributed by atoms with Crippen LogP contribution in [0.4, 0.5) is 0 Å². The summed E-state index contributed by atoms with van der Waals surface area (Å²) in [6.07, 6.45) is 1.94. The van der Waals surface area contributed by atoms with Gasteiger partial charge in [0.15, 0.2) is 0 Å². The van der Waals surface area contributed by atoms with Crippen LogP contribution in [0.5, 0.6) is 0 Å². The van der Waals surface area contributed by atoms with Crippen molar-refractivity contribution >= 4 is 0 Å². The van der Waals surface area contributed by atoms with E-state index in [9.17, 15) is 5.11 Å². The minimum absolute atomic E-state index is 0.310. The summed E-state index contributed by atoms with van der Waals surface area (Å²) in [6, 6.07) is 0. The maximum Gasteiger partial charge on any atom is 0.138 e. The van der Waals surface area contributed by atoms with Gasteiger partial charge in [-0.2, -0.15) is 5.10 Å². The van der Waals surface area contributed by atoms with Gasteiger partial charge in [-0.05, 0) is 13.3 Å². The summed E-state index contributed by atoms with van der Waals surface area (Å²) < 4.78 is 1.70. The molecule has 1 N–H and O–H groups in total. The Balaban J connectivity index is 2.56. The minimum Gasteiger partial charge on any atom is -0.391 e. The second-order valence-corrected chi connectivity index (χ2v) is 2.55. The van der Waals surface area contributed by atoms with E-state index in [2.05, 4.69) is 10.1 Å². The molecule has 1 unspecified atom stereocenters. The van der Waals surface area contributed by atoms with Crippen LogP contribution in [0, 0.1) is 6.92 Å². The summed E-state index contributed by atoms with van der Waals surface area (Å²) in [7, 11) is 0. The molecule has 1 rings (SSSR count). The Labute approximate surface area is 65.9 Å². The summed E-state index contributed by atoms with van der Waals surface area (Å²) in [4.78, 5) is 3.94. The van der Waals surface area contributed by atoms with E-state index < -0.39 is 0 Å². The van der Waals surface area contributed by atoms with Gasteiger partial charge < -0.3 is 5.11 Å². The average molecular weight is 155 g/mol. The molecule has 11 heavy (non-hydrogen) atoms. The van der Waals surface area contributed by atoms with E-state index >= 15 is 0 Å². The van der Waals surface area contributed by atoms with E-state index in [-0.39, 0.29) is 6.10 Å². The molecule has 0 spiro atoms. The third-order valence-corrected chi connectivity index (χ3v) is 1.66. The molecule has 4 heteroatoms. The van der Waals surface area contributed by atoms with Gasteiger partial charge in [0.2, 0.25) is 0 Å². The van der Waals surface area contributed by atoms with Crippen LogP contribution in [-0.2, 0) is 6.54 Å². The van der Waals surface area contributed by atoms with Gasteiger partial charge in [-0.25, -0.2) is 9.67 Å². The van der Waals surface area contributed by atoms with Crippen LogP contribution in [0.15, 0.2) is 6.33 Å². The van der Waals surface area contributed by atoms with E-state index in [1.54, 1.807) is 4.68 Å². The van der Waals surface area contributed by atoms with Crippen molar-refractivity contribution < 1.29 is 5.11 Å². The maximum absolute atomic E-state index is 9.27. The molecule has 0 saturated heterocycles. The number of aliphatic hydroxyl groups excluding tert-OH is 1. The number of aromatic nitrogens is 3. The molecule has 0 aliphatic carbocycles. The number of aliphatic hydroxyl groups is 1. The second-order valence-electron chi connectivity index (χ2n) is 2.55. The lowest BCUT2D eigenvalue weighted by Gasteiger charge is -2.07. The number of aryl methyl sites for hydroxylation is 1. The van der Waals surface area contributed by atoms with Crippen LogP contribution in [-0.4, -0.2) is 26.0 Å². The van der Waals surface area contributed by atoms with Crippen molar-refractivity contribution in [1.29, 1.82) is 0 Å². The van der Waals surface area contributed by atoms with Gasteiger partial charge in [0.05, 0.1) is 12.6 Å². The van der Waals surface area contributed by atoms with Crippen molar-refractivity contribution in [3.05, 3.63) is 12.2 Å². The topological polar surface area (TPSA) is 50.9 Å². The van der Waals surface area contributed by atoms with Crippen LogP contribution in [0.25, 0.3) is 0 Å². The predicted molar refractivity (Wildman–Crippen MR) is 41.1 cm³/mol. The van der Waals surface area contributed by atoms with Gasteiger partial charge in [-0.3, -0.25) is 0 Å². The molecule has 0 amide bonds. The third-order valence-electron chi connectivity index (χ3n) is 1.66. The Morgan fingerprint density at radius 3 is 2.91 bits per heavy atom. The first-order chi connectivity index (χ1) is 5.24. The summed E-state index contributed by atoms with van der Waals surface area (Å²) >= 11 is 0. The Kier molecular flexibility index (Phi) is 2.59. The van der Waals surface area contributed by atoms with Gasteiger partial charge >= 0.3 is 0 Å². The molecule has 4 nitrogen and oxygen atoms in total. The van der Waals surface area contributed by atoms with Gasteiger partial charge in [0.1, 0.15) is 12.2 Å². The fraction of sp³-hybridized carbons (Fsp3) is 0.714. The van der Waals surface area contributed by atoms with Crippen LogP contribution in [0.2, 0.25) is 0 Å². The molecule has 0 radical (unpaired) electrons. The van der Waals surface area contributed by atoms with E-state index in [1.165, 1.54) is 6.33 Å². The summed E-state index contributed by atoms with van der Waals surface area (Å²) in [5.74, 6) is 0.845. The van der Waals surface area contributed by atoms with Crippen LogP contribution in [0.3, 0.4) is 0 Å². The fourth-order valence-electron chi connectivity index (χ4n) is 0.830. The molecule has 0 saturated carbocycles. The molecule has 62 valence electrons. The van der Waals surface area contributed by atoms with Crippen molar-refractivity contribution in [1.82, 2.24) is 14.8 Å². The molecule has 0 aliphatic heterocycles. The lowest BCUT2D eigenvalue weighted by atomic mass is 10.3. The van der Waals surface area contributed by atoms with E-state index in [4.69, 9.17) is 0 Å². The zero-order chi connectivity index (χ0) is 8.27. The maximum atomic E-state index is 9.27. The van der Waals surface area contributed by atoms with E-state index in [0.717, 1.165) is 12.2 Å². The third kappa shape index (κ3) is 2.01. The first-order valence-electron chi connectivity index (χ1n) is 3.76. The Morgan fingerprint density at radius 1 is 1.73 bits per heavy atom. The largest absolute Gasteiger partial charge is 0.391 e. The summed E-state index contributed by atoms with van der Waals surface area (Å²) in [5.41, 5.74) is 0. The van der Waals surface area contributed by atoms with Crippen LogP contribution >= 0.6 is 0 Å². The standard InChI is InChI=1S/C7H13N3O/c1-3-7(11)4-10-6(2)8-5-9-10/h5,7,11H,3-4H2,1-2H3. The SMILES string of the molecule is CCC(O)Cn1ncnc1C. The molecule has 1 aromatic heterocycles. The van der Waals surface area contributed by atoms with Crippen LogP contribution in [0.1, 0.15) is 19.2 Å². The molecule has 0 aromatic carbocycles. The Morgan fingerprint density at radius 2 is 2.45 bits per heavy atom. The van der Waals surface area contributed by atoms with Gasteiger partial charge in [0.25, 0.3) is 0 Å². The highest BCUT2D eigenvalue weighted by Gasteiger charge is 2.04. The summed E-state index contributed by atoms with van der Waals surface area (Å²) in [6.45, 7) is 4.36. The highest BCUT2D eigenvalue weighted by Crippen LogP contribution is 1.97. The molecule has 1 aromatic rings. The Bertz CT molecular complexity index is 221. The quantitative estimate of drug-likeness (QED) is 0.685. The van der Waals surface area contributed by atoms with Crippen molar-refractivity contribution in [3.63, 3.8) is 0 Å². The number of nitrogens with zero attached hydrogens (tertiary/aromatic N) is 3. The highest BCUT2D eigenvalue weighted by molar-refractivity contribution is 4.78. The number of rotatable bonds is 3.